The van der Waals surface area contributed by atoms with E-state index in [0.29, 0.717) is 18.0 Å². The minimum atomic E-state index is -0.302. The summed E-state index contributed by atoms with van der Waals surface area (Å²) in [7, 11) is 0. The second-order valence-corrected chi connectivity index (χ2v) is 5.28. The molecule has 4 heteroatoms. The zero-order valence-corrected chi connectivity index (χ0v) is 12.1. The highest BCUT2D eigenvalue weighted by Crippen LogP contribution is 2.24. The molecular weight excluding hydrogens is 266 g/mol. The molecule has 3 N–H and O–H groups in total. The van der Waals surface area contributed by atoms with Crippen molar-refractivity contribution in [1.82, 2.24) is 5.32 Å². The lowest BCUT2D eigenvalue weighted by molar-refractivity contribution is 0.0950. The molecule has 2 rings (SSSR count). The van der Waals surface area contributed by atoms with Crippen LogP contribution in [0.5, 0.6) is 11.5 Å². The number of carbonyl (C=O) groups is 1. The highest BCUT2D eigenvalue weighted by atomic mass is 16.3. The van der Waals surface area contributed by atoms with Crippen molar-refractivity contribution in [2.24, 2.45) is 0 Å². The average molecular weight is 285 g/mol. The quantitative estimate of drug-likeness (QED) is 0.756. The second-order valence-electron chi connectivity index (χ2n) is 5.28. The first-order valence-electron chi connectivity index (χ1n) is 6.86. The van der Waals surface area contributed by atoms with E-state index in [2.05, 4.69) is 31.3 Å². The number of aromatic hydroxyl groups is 2. The number of amides is 1. The van der Waals surface area contributed by atoms with E-state index in [-0.39, 0.29) is 17.4 Å². The third kappa shape index (κ3) is 3.75. The molecule has 0 saturated heterocycles. The van der Waals surface area contributed by atoms with Crippen LogP contribution in [0.15, 0.2) is 42.5 Å². The van der Waals surface area contributed by atoms with E-state index in [9.17, 15) is 15.0 Å². The van der Waals surface area contributed by atoms with Crippen molar-refractivity contribution in [2.75, 3.05) is 0 Å². The fourth-order valence-corrected chi connectivity index (χ4v) is 1.97. The predicted molar refractivity (Wildman–Crippen MR) is 81.5 cm³/mol. The van der Waals surface area contributed by atoms with Crippen molar-refractivity contribution in [3.05, 3.63) is 59.2 Å². The van der Waals surface area contributed by atoms with Crippen LogP contribution in [0.4, 0.5) is 0 Å². The molecule has 0 radical (unpaired) electrons. The Labute approximate surface area is 124 Å². The van der Waals surface area contributed by atoms with Crippen LogP contribution in [0.2, 0.25) is 0 Å². The van der Waals surface area contributed by atoms with Crippen LogP contribution in [-0.2, 0) is 6.54 Å². The SMILES string of the molecule is CC(C)c1ccc(CNC(=O)c2ccc(O)c(O)c2)cc1. The fourth-order valence-electron chi connectivity index (χ4n) is 1.97. The monoisotopic (exact) mass is 285 g/mol. The number of phenolic OH excluding ortho intramolecular Hbond substituents is 2. The Hall–Kier alpha value is -2.49. The van der Waals surface area contributed by atoms with Crippen LogP contribution in [0.1, 0.15) is 41.3 Å². The molecule has 2 aromatic carbocycles. The standard InChI is InChI=1S/C17H19NO3/c1-11(2)13-5-3-12(4-6-13)10-18-17(21)14-7-8-15(19)16(20)9-14/h3-9,11,19-20H,10H2,1-2H3,(H,18,21). The normalized spacial score (nSPS) is 10.6. The summed E-state index contributed by atoms with van der Waals surface area (Å²) in [5.74, 6) is -0.355. The lowest BCUT2D eigenvalue weighted by Gasteiger charge is -2.09. The molecule has 0 aliphatic heterocycles. The smallest absolute Gasteiger partial charge is 0.251 e. The van der Waals surface area contributed by atoms with Crippen molar-refractivity contribution in [1.29, 1.82) is 0 Å². The highest BCUT2D eigenvalue weighted by Gasteiger charge is 2.08. The zero-order chi connectivity index (χ0) is 15.4. The predicted octanol–water partition coefficient (Wildman–Crippen LogP) is 3.15. The highest BCUT2D eigenvalue weighted by molar-refractivity contribution is 5.94. The topological polar surface area (TPSA) is 69.6 Å². The Bertz CT molecular complexity index is 633. The summed E-state index contributed by atoms with van der Waals surface area (Å²) in [4.78, 5) is 12.0. The molecular formula is C17H19NO3. The minimum Gasteiger partial charge on any atom is -0.504 e. The lowest BCUT2D eigenvalue weighted by Crippen LogP contribution is -2.22. The van der Waals surface area contributed by atoms with E-state index in [4.69, 9.17) is 0 Å². The van der Waals surface area contributed by atoms with Crippen molar-refractivity contribution in [3.8, 4) is 11.5 Å². The van der Waals surface area contributed by atoms with Gasteiger partial charge < -0.3 is 15.5 Å². The third-order valence-corrected chi connectivity index (χ3v) is 3.34. The molecule has 0 atom stereocenters. The number of phenols is 2. The van der Waals surface area contributed by atoms with E-state index in [1.165, 1.54) is 23.8 Å². The second kappa shape index (κ2) is 6.31. The maximum Gasteiger partial charge on any atom is 0.251 e. The maximum absolute atomic E-state index is 12.0. The first kappa shape index (κ1) is 14.9. The zero-order valence-electron chi connectivity index (χ0n) is 12.1. The first-order chi connectivity index (χ1) is 9.97. The van der Waals surface area contributed by atoms with Crippen LogP contribution >= 0.6 is 0 Å². The molecule has 0 heterocycles. The average Bonchev–Trinajstić information content (AvgIpc) is 2.48. The van der Waals surface area contributed by atoms with Gasteiger partial charge in [-0.3, -0.25) is 4.79 Å². The summed E-state index contributed by atoms with van der Waals surface area (Å²) in [6.45, 7) is 4.68. The van der Waals surface area contributed by atoms with E-state index >= 15 is 0 Å². The Balaban J connectivity index is 1.98. The van der Waals surface area contributed by atoms with Gasteiger partial charge in [-0.05, 0) is 35.2 Å². The molecule has 0 unspecified atom stereocenters. The number of carbonyl (C=O) groups excluding carboxylic acids is 1. The van der Waals surface area contributed by atoms with Gasteiger partial charge in [0.1, 0.15) is 0 Å². The van der Waals surface area contributed by atoms with E-state index in [1.807, 2.05) is 12.1 Å². The molecule has 0 fully saturated rings. The van der Waals surface area contributed by atoms with Gasteiger partial charge >= 0.3 is 0 Å². The Kier molecular flexibility index (Phi) is 4.48. The molecule has 21 heavy (non-hydrogen) atoms. The molecule has 4 nitrogen and oxygen atoms in total. The Morgan fingerprint density at radius 1 is 1.05 bits per heavy atom. The van der Waals surface area contributed by atoms with Crippen LogP contribution in [-0.4, -0.2) is 16.1 Å². The molecule has 1 amide bonds. The molecule has 2 aromatic rings. The van der Waals surface area contributed by atoms with Crippen LogP contribution in [0.3, 0.4) is 0 Å². The van der Waals surface area contributed by atoms with Crippen LogP contribution in [0, 0.1) is 0 Å². The summed E-state index contributed by atoms with van der Waals surface area (Å²) < 4.78 is 0. The molecule has 0 spiro atoms. The molecule has 0 aliphatic rings. The van der Waals surface area contributed by atoms with Gasteiger partial charge in [0.05, 0.1) is 0 Å². The summed E-state index contributed by atoms with van der Waals surface area (Å²) in [5.41, 5.74) is 2.58. The molecule has 0 aromatic heterocycles. The van der Waals surface area contributed by atoms with Gasteiger partial charge in [0, 0.05) is 12.1 Å². The lowest BCUT2D eigenvalue weighted by atomic mass is 10.0. The van der Waals surface area contributed by atoms with Gasteiger partial charge in [-0.15, -0.1) is 0 Å². The van der Waals surface area contributed by atoms with Crippen LogP contribution < -0.4 is 5.32 Å². The van der Waals surface area contributed by atoms with Crippen molar-refractivity contribution in [3.63, 3.8) is 0 Å². The number of nitrogens with one attached hydrogen (secondary N) is 1. The van der Waals surface area contributed by atoms with E-state index < -0.39 is 0 Å². The van der Waals surface area contributed by atoms with E-state index in [0.717, 1.165) is 5.56 Å². The summed E-state index contributed by atoms with van der Waals surface area (Å²) in [6, 6.07) is 12.1. The van der Waals surface area contributed by atoms with Gasteiger partial charge in [0.2, 0.25) is 0 Å². The van der Waals surface area contributed by atoms with Gasteiger partial charge in [-0.1, -0.05) is 38.1 Å². The fraction of sp³-hybridized carbons (Fsp3) is 0.235. The van der Waals surface area contributed by atoms with Gasteiger partial charge in [0.25, 0.3) is 5.91 Å². The Morgan fingerprint density at radius 3 is 2.29 bits per heavy atom. The van der Waals surface area contributed by atoms with Gasteiger partial charge in [-0.2, -0.15) is 0 Å². The number of benzene rings is 2. The first-order valence-corrected chi connectivity index (χ1v) is 6.86. The van der Waals surface area contributed by atoms with Crippen molar-refractivity contribution < 1.29 is 15.0 Å². The molecule has 0 aliphatic carbocycles. The number of hydrogen-bond donors (Lipinski definition) is 3. The largest absolute Gasteiger partial charge is 0.504 e. The van der Waals surface area contributed by atoms with Crippen molar-refractivity contribution in [2.45, 2.75) is 26.3 Å². The summed E-state index contributed by atoms with van der Waals surface area (Å²) in [5, 5.41) is 21.4. The summed E-state index contributed by atoms with van der Waals surface area (Å²) in [6.07, 6.45) is 0. The minimum absolute atomic E-state index is 0.240. The Morgan fingerprint density at radius 2 is 1.71 bits per heavy atom. The van der Waals surface area contributed by atoms with E-state index in [1.54, 1.807) is 0 Å². The summed E-state index contributed by atoms with van der Waals surface area (Å²) >= 11 is 0. The molecule has 110 valence electrons. The molecule has 0 bridgehead atoms. The van der Waals surface area contributed by atoms with Crippen LogP contribution in [0.25, 0.3) is 0 Å². The van der Waals surface area contributed by atoms with Gasteiger partial charge in [0.15, 0.2) is 11.5 Å². The third-order valence-electron chi connectivity index (χ3n) is 3.34. The van der Waals surface area contributed by atoms with Crippen molar-refractivity contribution >= 4 is 5.91 Å². The molecule has 0 saturated carbocycles. The maximum atomic E-state index is 12.0. The van der Waals surface area contributed by atoms with Gasteiger partial charge in [-0.25, -0.2) is 0 Å². The number of rotatable bonds is 4. The number of hydrogen-bond acceptors (Lipinski definition) is 3.